The molecule has 1 aromatic heterocycles. The van der Waals surface area contributed by atoms with Crippen LogP contribution in [0.5, 0.6) is 5.75 Å². The van der Waals surface area contributed by atoms with Crippen molar-refractivity contribution in [1.82, 2.24) is 14.8 Å². The minimum absolute atomic E-state index is 0.0391. The average Bonchev–Trinajstić information content (AvgIpc) is 3.07. The highest BCUT2D eigenvalue weighted by atomic mass is 32.2. The normalized spacial score (nSPS) is 10.7. The third-order valence-electron chi connectivity index (χ3n) is 3.96. The molecule has 134 valence electrons. The Kier molecular flexibility index (Phi) is 5.22. The standard InChI is InChI=1S/C18H18N4O3S/c1-12-4-6-16(13(2)8-12)21-11-19-20-18(21)26-10-14-9-15(22(23)24)5-7-17(14)25-3/h4-9,11H,10H2,1-3H3. The lowest BCUT2D eigenvalue weighted by atomic mass is 10.1. The number of thioether (sulfide) groups is 1. The Morgan fingerprint density at radius 2 is 2.04 bits per heavy atom. The SMILES string of the molecule is COc1ccc([N+](=O)[O-])cc1CSc1nncn1-c1ccc(C)cc1C. The molecule has 3 aromatic rings. The van der Waals surface area contributed by atoms with Gasteiger partial charge in [-0.15, -0.1) is 10.2 Å². The van der Waals surface area contributed by atoms with E-state index in [-0.39, 0.29) is 5.69 Å². The van der Waals surface area contributed by atoms with Crippen LogP contribution in [-0.4, -0.2) is 26.8 Å². The molecule has 0 radical (unpaired) electrons. The fourth-order valence-corrected chi connectivity index (χ4v) is 3.60. The van der Waals surface area contributed by atoms with E-state index in [1.807, 2.05) is 30.5 Å². The first kappa shape index (κ1) is 17.9. The van der Waals surface area contributed by atoms with Crippen LogP contribution in [0.3, 0.4) is 0 Å². The van der Waals surface area contributed by atoms with Crippen LogP contribution in [0.25, 0.3) is 5.69 Å². The monoisotopic (exact) mass is 370 g/mol. The van der Waals surface area contributed by atoms with Gasteiger partial charge in [-0.2, -0.15) is 0 Å². The molecular formula is C18H18N4O3S. The highest BCUT2D eigenvalue weighted by Crippen LogP contribution is 2.31. The van der Waals surface area contributed by atoms with Gasteiger partial charge in [-0.1, -0.05) is 29.5 Å². The second-order valence-corrected chi connectivity index (χ2v) is 6.76. The predicted molar refractivity (Wildman–Crippen MR) is 100 cm³/mol. The zero-order chi connectivity index (χ0) is 18.7. The first-order valence-electron chi connectivity index (χ1n) is 7.91. The summed E-state index contributed by atoms with van der Waals surface area (Å²) >= 11 is 1.45. The van der Waals surface area contributed by atoms with E-state index in [4.69, 9.17) is 4.74 Å². The molecule has 0 saturated carbocycles. The van der Waals surface area contributed by atoms with Crippen LogP contribution in [0.1, 0.15) is 16.7 Å². The van der Waals surface area contributed by atoms with Crippen LogP contribution in [0.15, 0.2) is 47.9 Å². The van der Waals surface area contributed by atoms with Crippen LogP contribution in [0.2, 0.25) is 0 Å². The topological polar surface area (TPSA) is 83.1 Å². The molecule has 0 aliphatic heterocycles. The molecule has 2 aromatic carbocycles. The van der Waals surface area contributed by atoms with Crippen molar-refractivity contribution in [2.75, 3.05) is 7.11 Å². The van der Waals surface area contributed by atoms with Crippen molar-refractivity contribution in [3.63, 3.8) is 0 Å². The first-order chi connectivity index (χ1) is 12.5. The van der Waals surface area contributed by atoms with Gasteiger partial charge in [0.15, 0.2) is 5.16 Å². The van der Waals surface area contributed by atoms with Gasteiger partial charge in [0, 0.05) is 23.4 Å². The molecule has 0 atom stereocenters. The maximum absolute atomic E-state index is 11.0. The van der Waals surface area contributed by atoms with Crippen LogP contribution in [0.4, 0.5) is 5.69 Å². The summed E-state index contributed by atoms with van der Waals surface area (Å²) < 4.78 is 7.24. The number of aryl methyl sites for hydroxylation is 2. The Morgan fingerprint density at radius 3 is 2.73 bits per heavy atom. The number of benzene rings is 2. The highest BCUT2D eigenvalue weighted by Gasteiger charge is 2.14. The van der Waals surface area contributed by atoms with Gasteiger partial charge in [0.05, 0.1) is 17.7 Å². The molecule has 0 spiro atoms. The van der Waals surface area contributed by atoms with Crippen LogP contribution in [-0.2, 0) is 5.75 Å². The third-order valence-corrected chi connectivity index (χ3v) is 4.95. The number of hydrogen-bond acceptors (Lipinski definition) is 6. The van der Waals surface area contributed by atoms with Crippen molar-refractivity contribution >= 4 is 17.4 Å². The van der Waals surface area contributed by atoms with Crippen molar-refractivity contribution in [1.29, 1.82) is 0 Å². The number of aromatic nitrogens is 3. The maximum atomic E-state index is 11.0. The van der Waals surface area contributed by atoms with Gasteiger partial charge in [-0.3, -0.25) is 14.7 Å². The van der Waals surface area contributed by atoms with E-state index in [2.05, 4.69) is 16.3 Å². The third kappa shape index (κ3) is 3.70. The number of nitro benzene ring substituents is 1. The zero-order valence-corrected chi connectivity index (χ0v) is 15.5. The molecule has 0 unspecified atom stereocenters. The lowest BCUT2D eigenvalue weighted by Crippen LogP contribution is -1.99. The molecule has 0 N–H and O–H groups in total. The van der Waals surface area contributed by atoms with Gasteiger partial charge >= 0.3 is 0 Å². The van der Waals surface area contributed by atoms with Gasteiger partial charge in [-0.25, -0.2) is 0 Å². The number of hydrogen-bond donors (Lipinski definition) is 0. The predicted octanol–water partition coefficient (Wildman–Crippen LogP) is 4.09. The van der Waals surface area contributed by atoms with E-state index in [1.54, 1.807) is 19.5 Å². The Hall–Kier alpha value is -2.87. The Bertz CT molecular complexity index is 955. The molecule has 0 aliphatic rings. The second kappa shape index (κ2) is 7.57. The summed E-state index contributed by atoms with van der Waals surface area (Å²) in [6, 6.07) is 10.8. The molecule has 1 heterocycles. The van der Waals surface area contributed by atoms with E-state index in [1.165, 1.54) is 29.5 Å². The second-order valence-electron chi connectivity index (χ2n) is 5.82. The molecule has 8 heteroatoms. The van der Waals surface area contributed by atoms with Crippen LogP contribution >= 0.6 is 11.8 Å². The van der Waals surface area contributed by atoms with E-state index >= 15 is 0 Å². The van der Waals surface area contributed by atoms with Crippen molar-refractivity contribution in [3.05, 3.63) is 69.5 Å². The molecule has 26 heavy (non-hydrogen) atoms. The number of nitrogens with zero attached hydrogens (tertiary/aromatic N) is 4. The van der Waals surface area contributed by atoms with E-state index in [0.717, 1.165) is 16.8 Å². The number of methoxy groups -OCH3 is 1. The quantitative estimate of drug-likeness (QED) is 0.369. The summed E-state index contributed by atoms with van der Waals surface area (Å²) in [5.74, 6) is 1.09. The Balaban J connectivity index is 1.87. The maximum Gasteiger partial charge on any atom is 0.270 e. The molecule has 0 saturated heterocycles. The summed E-state index contributed by atoms with van der Waals surface area (Å²) in [5.41, 5.74) is 4.10. The lowest BCUT2D eigenvalue weighted by Gasteiger charge is -2.11. The van der Waals surface area contributed by atoms with Gasteiger partial charge < -0.3 is 4.74 Å². The molecule has 0 bridgehead atoms. The summed E-state index contributed by atoms with van der Waals surface area (Å²) in [4.78, 5) is 10.6. The minimum Gasteiger partial charge on any atom is -0.496 e. The van der Waals surface area contributed by atoms with Gasteiger partial charge in [0.1, 0.15) is 12.1 Å². The summed E-state index contributed by atoms with van der Waals surface area (Å²) in [6.07, 6.45) is 1.67. The molecular weight excluding hydrogens is 352 g/mol. The molecule has 3 rings (SSSR count). The fourth-order valence-electron chi connectivity index (χ4n) is 2.70. The fraction of sp³-hybridized carbons (Fsp3) is 0.222. The van der Waals surface area contributed by atoms with Crippen molar-refractivity contribution in [3.8, 4) is 11.4 Å². The average molecular weight is 370 g/mol. The minimum atomic E-state index is -0.411. The number of ether oxygens (including phenoxy) is 1. The number of non-ortho nitro benzene ring substituents is 1. The molecule has 7 nitrogen and oxygen atoms in total. The Labute approximate surface area is 155 Å². The molecule has 0 aliphatic carbocycles. The van der Waals surface area contributed by atoms with Gasteiger partial charge in [0.25, 0.3) is 5.69 Å². The van der Waals surface area contributed by atoms with E-state index < -0.39 is 4.92 Å². The van der Waals surface area contributed by atoms with Crippen LogP contribution < -0.4 is 4.74 Å². The van der Waals surface area contributed by atoms with Crippen LogP contribution in [0, 0.1) is 24.0 Å². The zero-order valence-electron chi connectivity index (χ0n) is 14.7. The first-order valence-corrected chi connectivity index (χ1v) is 8.90. The number of nitro groups is 1. The summed E-state index contributed by atoms with van der Waals surface area (Å²) in [7, 11) is 1.55. The van der Waals surface area contributed by atoms with Crippen molar-refractivity contribution in [2.45, 2.75) is 24.8 Å². The lowest BCUT2D eigenvalue weighted by molar-refractivity contribution is -0.384. The van der Waals surface area contributed by atoms with E-state index in [0.29, 0.717) is 16.7 Å². The van der Waals surface area contributed by atoms with E-state index in [9.17, 15) is 10.1 Å². The Morgan fingerprint density at radius 1 is 1.23 bits per heavy atom. The largest absolute Gasteiger partial charge is 0.496 e. The molecule has 0 fully saturated rings. The summed E-state index contributed by atoms with van der Waals surface area (Å²) in [6.45, 7) is 4.09. The summed E-state index contributed by atoms with van der Waals surface area (Å²) in [5, 5.41) is 19.9. The smallest absolute Gasteiger partial charge is 0.270 e. The number of rotatable bonds is 6. The van der Waals surface area contributed by atoms with Gasteiger partial charge in [-0.05, 0) is 31.5 Å². The highest BCUT2D eigenvalue weighted by molar-refractivity contribution is 7.98. The molecule has 0 amide bonds. The van der Waals surface area contributed by atoms with Crippen molar-refractivity contribution < 1.29 is 9.66 Å². The van der Waals surface area contributed by atoms with Crippen molar-refractivity contribution in [2.24, 2.45) is 0 Å². The van der Waals surface area contributed by atoms with Gasteiger partial charge in [0.2, 0.25) is 0 Å².